The van der Waals surface area contributed by atoms with Crippen LogP contribution in [-0.2, 0) is 6.54 Å². The first kappa shape index (κ1) is 23.6. The minimum Gasteiger partial charge on any atom is -0.453 e. The van der Waals surface area contributed by atoms with E-state index in [9.17, 15) is 4.39 Å². The molecule has 10 heteroatoms. The number of rotatable bonds is 5. The summed E-state index contributed by atoms with van der Waals surface area (Å²) in [6.45, 7) is 3.66. The van der Waals surface area contributed by atoms with Crippen molar-refractivity contribution in [3.05, 3.63) is 72.6 Å². The van der Waals surface area contributed by atoms with E-state index in [4.69, 9.17) is 4.74 Å². The van der Waals surface area contributed by atoms with E-state index in [0.717, 1.165) is 43.7 Å². The Morgan fingerprint density at radius 3 is 2.53 bits per heavy atom. The van der Waals surface area contributed by atoms with Gasteiger partial charge in [-0.2, -0.15) is 0 Å². The van der Waals surface area contributed by atoms with Gasteiger partial charge in [0.25, 0.3) is 0 Å². The van der Waals surface area contributed by atoms with Gasteiger partial charge in [-0.3, -0.25) is 9.98 Å². The molecule has 3 aromatic rings. The molecule has 1 aromatic carbocycles. The Bertz CT molecular complexity index is 1020. The van der Waals surface area contributed by atoms with Crippen LogP contribution in [0.1, 0.15) is 5.56 Å². The highest BCUT2D eigenvalue weighted by atomic mass is 127. The maximum Gasteiger partial charge on any atom is 0.225 e. The van der Waals surface area contributed by atoms with Crippen molar-refractivity contribution in [3.8, 4) is 11.5 Å². The molecule has 1 aliphatic heterocycles. The standard InChI is InChI=1S/C22H24FN7O.HI/c1-24-21(29-10-12-30(13-11-29)22-26-8-3-9-27-22)28-15-17-5-6-20(19(23)14-17)31-18-4-2-7-25-16-18;/h2-9,14,16H,10-13,15H2,1H3,(H,24,28);1H. The Kier molecular flexibility index (Phi) is 8.54. The zero-order valence-electron chi connectivity index (χ0n) is 17.7. The molecule has 8 nitrogen and oxygen atoms in total. The summed E-state index contributed by atoms with van der Waals surface area (Å²) in [5.41, 5.74) is 0.800. The largest absolute Gasteiger partial charge is 0.453 e. The van der Waals surface area contributed by atoms with Crippen molar-refractivity contribution in [2.45, 2.75) is 6.54 Å². The smallest absolute Gasteiger partial charge is 0.225 e. The Labute approximate surface area is 203 Å². The van der Waals surface area contributed by atoms with Gasteiger partial charge in [0.1, 0.15) is 5.75 Å². The van der Waals surface area contributed by atoms with E-state index in [2.05, 4.69) is 35.1 Å². The molecular formula is C22H25FIN7O. The number of aromatic nitrogens is 3. The third kappa shape index (κ3) is 6.02. The fourth-order valence-corrected chi connectivity index (χ4v) is 3.36. The van der Waals surface area contributed by atoms with Crippen molar-refractivity contribution in [1.82, 2.24) is 25.2 Å². The monoisotopic (exact) mass is 549 g/mol. The first-order valence-electron chi connectivity index (χ1n) is 10.1. The van der Waals surface area contributed by atoms with Crippen LogP contribution in [0.2, 0.25) is 0 Å². The number of hydrogen-bond acceptors (Lipinski definition) is 6. The number of anilines is 1. The molecule has 0 radical (unpaired) electrons. The molecule has 32 heavy (non-hydrogen) atoms. The van der Waals surface area contributed by atoms with Gasteiger partial charge in [0.2, 0.25) is 5.95 Å². The summed E-state index contributed by atoms with van der Waals surface area (Å²) in [6, 6.07) is 10.2. The molecule has 0 spiro atoms. The summed E-state index contributed by atoms with van der Waals surface area (Å²) < 4.78 is 20.0. The second-order valence-electron chi connectivity index (χ2n) is 6.98. The fourth-order valence-electron chi connectivity index (χ4n) is 3.36. The predicted molar refractivity (Wildman–Crippen MR) is 132 cm³/mol. The highest BCUT2D eigenvalue weighted by molar-refractivity contribution is 14.0. The van der Waals surface area contributed by atoms with Crippen LogP contribution in [0.15, 0.2) is 66.2 Å². The predicted octanol–water partition coefficient (Wildman–Crippen LogP) is 3.32. The number of hydrogen-bond donors (Lipinski definition) is 1. The average Bonchev–Trinajstić information content (AvgIpc) is 2.83. The van der Waals surface area contributed by atoms with E-state index >= 15 is 0 Å². The van der Waals surface area contributed by atoms with Crippen LogP contribution in [0.25, 0.3) is 0 Å². The van der Waals surface area contributed by atoms with Gasteiger partial charge in [-0.15, -0.1) is 24.0 Å². The van der Waals surface area contributed by atoms with Crippen molar-refractivity contribution < 1.29 is 9.13 Å². The summed E-state index contributed by atoms with van der Waals surface area (Å²) in [4.78, 5) is 21.3. The lowest BCUT2D eigenvalue weighted by Gasteiger charge is -2.36. The molecule has 0 saturated carbocycles. The Morgan fingerprint density at radius 1 is 1.09 bits per heavy atom. The molecular weight excluding hydrogens is 524 g/mol. The third-order valence-corrected chi connectivity index (χ3v) is 4.94. The molecule has 1 aliphatic rings. The lowest BCUT2D eigenvalue weighted by molar-refractivity contribution is 0.370. The molecule has 1 saturated heterocycles. The van der Waals surface area contributed by atoms with Gasteiger partial charge in [0, 0.05) is 58.4 Å². The number of pyridine rings is 1. The molecule has 1 N–H and O–H groups in total. The quantitative estimate of drug-likeness (QED) is 0.297. The number of halogens is 2. The molecule has 2 aromatic heterocycles. The van der Waals surface area contributed by atoms with Crippen LogP contribution in [0.3, 0.4) is 0 Å². The second kappa shape index (κ2) is 11.6. The van der Waals surface area contributed by atoms with Gasteiger partial charge < -0.3 is 19.9 Å². The van der Waals surface area contributed by atoms with Crippen molar-refractivity contribution in [2.24, 2.45) is 4.99 Å². The SMILES string of the molecule is CN=C(NCc1ccc(Oc2cccnc2)c(F)c1)N1CCN(c2ncccn2)CC1.I. The Hall–Kier alpha value is -3.02. The summed E-state index contributed by atoms with van der Waals surface area (Å²) in [7, 11) is 1.75. The fraction of sp³-hybridized carbons (Fsp3) is 0.273. The number of guanidine groups is 1. The molecule has 0 atom stereocenters. The second-order valence-corrected chi connectivity index (χ2v) is 6.98. The summed E-state index contributed by atoms with van der Waals surface area (Å²) in [6.07, 6.45) is 6.69. The first-order chi connectivity index (χ1) is 15.2. The van der Waals surface area contributed by atoms with Gasteiger partial charge >= 0.3 is 0 Å². The van der Waals surface area contributed by atoms with Crippen molar-refractivity contribution in [2.75, 3.05) is 38.1 Å². The van der Waals surface area contributed by atoms with Crippen LogP contribution in [0.4, 0.5) is 10.3 Å². The summed E-state index contributed by atoms with van der Waals surface area (Å²) in [5.74, 6) is 1.77. The van der Waals surface area contributed by atoms with Crippen LogP contribution >= 0.6 is 24.0 Å². The number of aliphatic imine (C=N–C) groups is 1. The molecule has 4 rings (SSSR count). The summed E-state index contributed by atoms with van der Waals surface area (Å²) in [5, 5.41) is 3.32. The van der Waals surface area contributed by atoms with E-state index in [-0.39, 0.29) is 29.7 Å². The molecule has 1 fully saturated rings. The van der Waals surface area contributed by atoms with E-state index in [1.807, 2.05) is 12.1 Å². The van der Waals surface area contributed by atoms with E-state index in [1.54, 1.807) is 50.0 Å². The highest BCUT2D eigenvalue weighted by Gasteiger charge is 2.21. The van der Waals surface area contributed by atoms with Gasteiger partial charge in [0.15, 0.2) is 17.5 Å². The highest BCUT2D eigenvalue weighted by Crippen LogP contribution is 2.24. The zero-order chi connectivity index (χ0) is 21.5. The zero-order valence-corrected chi connectivity index (χ0v) is 20.0. The maximum absolute atomic E-state index is 14.5. The van der Waals surface area contributed by atoms with Gasteiger partial charge in [-0.25, -0.2) is 14.4 Å². The molecule has 0 aliphatic carbocycles. The average molecular weight is 549 g/mol. The van der Waals surface area contributed by atoms with Crippen LogP contribution in [0, 0.1) is 5.82 Å². The lowest BCUT2D eigenvalue weighted by Crippen LogP contribution is -2.52. The Morgan fingerprint density at radius 2 is 1.88 bits per heavy atom. The number of piperazine rings is 1. The topological polar surface area (TPSA) is 78.8 Å². The third-order valence-electron chi connectivity index (χ3n) is 4.94. The van der Waals surface area contributed by atoms with Crippen LogP contribution < -0.4 is 15.0 Å². The van der Waals surface area contributed by atoms with Gasteiger partial charge in [-0.05, 0) is 35.9 Å². The molecule has 168 valence electrons. The first-order valence-corrected chi connectivity index (χ1v) is 10.1. The Balaban J connectivity index is 0.00000289. The minimum absolute atomic E-state index is 0. The maximum atomic E-state index is 14.5. The molecule has 0 bridgehead atoms. The number of nitrogens with zero attached hydrogens (tertiary/aromatic N) is 6. The minimum atomic E-state index is -0.422. The number of nitrogens with one attached hydrogen (secondary N) is 1. The van der Waals surface area contributed by atoms with E-state index in [1.165, 1.54) is 6.07 Å². The van der Waals surface area contributed by atoms with Gasteiger partial charge in [-0.1, -0.05) is 6.07 Å². The lowest BCUT2D eigenvalue weighted by atomic mass is 10.2. The van der Waals surface area contributed by atoms with Crippen LogP contribution in [-0.4, -0.2) is 59.0 Å². The number of benzene rings is 1. The van der Waals surface area contributed by atoms with Gasteiger partial charge in [0.05, 0.1) is 6.20 Å². The van der Waals surface area contributed by atoms with Crippen molar-refractivity contribution in [3.63, 3.8) is 0 Å². The molecule has 0 unspecified atom stereocenters. The van der Waals surface area contributed by atoms with Crippen molar-refractivity contribution >= 4 is 35.9 Å². The van der Waals surface area contributed by atoms with E-state index in [0.29, 0.717) is 12.3 Å². The van der Waals surface area contributed by atoms with E-state index < -0.39 is 5.82 Å². The van der Waals surface area contributed by atoms with Crippen LogP contribution in [0.5, 0.6) is 11.5 Å². The molecule has 3 heterocycles. The normalized spacial score (nSPS) is 14.0. The molecule has 0 amide bonds. The summed E-state index contributed by atoms with van der Waals surface area (Å²) >= 11 is 0. The van der Waals surface area contributed by atoms with Crippen molar-refractivity contribution in [1.29, 1.82) is 0 Å². The number of ether oxygens (including phenoxy) is 1.